The van der Waals surface area contributed by atoms with Gasteiger partial charge in [-0.15, -0.1) is 0 Å². The number of carbonyl (C=O) groups excluding carboxylic acids is 2. The van der Waals surface area contributed by atoms with Crippen molar-refractivity contribution in [2.75, 3.05) is 24.5 Å². The van der Waals surface area contributed by atoms with E-state index in [0.29, 0.717) is 37.6 Å². The first-order chi connectivity index (χ1) is 17.5. The van der Waals surface area contributed by atoms with Crippen LogP contribution in [0.25, 0.3) is 22.3 Å². The second-order valence-corrected chi connectivity index (χ2v) is 9.32. The lowest BCUT2D eigenvalue weighted by Crippen LogP contribution is -2.45. The second kappa shape index (κ2) is 8.78. The third-order valence-corrected chi connectivity index (χ3v) is 7.05. The van der Waals surface area contributed by atoms with Gasteiger partial charge in [0.05, 0.1) is 17.8 Å². The summed E-state index contributed by atoms with van der Waals surface area (Å²) >= 11 is 0. The quantitative estimate of drug-likeness (QED) is 0.433. The average Bonchev–Trinajstić information content (AvgIpc) is 3.62. The summed E-state index contributed by atoms with van der Waals surface area (Å²) in [6, 6.07) is 15.3. The molecule has 184 valence electrons. The molecule has 2 aromatic heterocycles. The number of carbonyl (C=O) groups is 2. The number of piperidine rings is 1. The summed E-state index contributed by atoms with van der Waals surface area (Å²) < 4.78 is 12.9. The largest absolute Gasteiger partial charge is 0.434 e. The van der Waals surface area contributed by atoms with E-state index < -0.39 is 12.2 Å². The molecule has 10 heteroatoms. The maximum absolute atomic E-state index is 13.1. The molecule has 1 unspecified atom stereocenters. The van der Waals surface area contributed by atoms with Gasteiger partial charge in [-0.3, -0.25) is 14.4 Å². The number of aryl methyl sites for hydroxylation is 2. The van der Waals surface area contributed by atoms with Crippen LogP contribution in [0.15, 0.2) is 53.1 Å². The Morgan fingerprint density at radius 2 is 1.86 bits per heavy atom. The Bertz CT molecular complexity index is 1440. The van der Waals surface area contributed by atoms with Crippen LogP contribution in [-0.4, -0.2) is 62.6 Å². The number of amides is 2. The van der Waals surface area contributed by atoms with Crippen molar-refractivity contribution in [2.45, 2.75) is 31.8 Å². The molecule has 0 N–H and O–H groups in total. The lowest BCUT2D eigenvalue weighted by Gasteiger charge is -2.31. The number of fused-ring (bicyclic) bond motifs is 1. The molecule has 10 nitrogen and oxygen atoms in total. The van der Waals surface area contributed by atoms with E-state index in [1.54, 1.807) is 4.90 Å². The Balaban J connectivity index is 1.09. The standard InChI is InChI=1S/C26H26N6O4/c1-16-20-9-8-18(14-21(20)30(2)28-16)23-27-24(36-29-23)17-10-12-31(13-11-17)25(33)22-15-32(26(34)35-22)19-6-4-3-5-7-19/h3-9,14,17,22H,10-13,15H2,1-2H3. The van der Waals surface area contributed by atoms with E-state index in [1.165, 1.54) is 4.90 Å². The monoisotopic (exact) mass is 486 g/mol. The number of cyclic esters (lactones) is 1. The van der Waals surface area contributed by atoms with Crippen LogP contribution in [0.4, 0.5) is 10.5 Å². The molecule has 0 radical (unpaired) electrons. The number of nitrogens with zero attached hydrogens (tertiary/aromatic N) is 6. The SMILES string of the molecule is Cc1nn(C)c2cc(-c3noc(C4CCN(C(=O)C5CN(c6ccccc6)C(=O)O5)CC4)n3)ccc12. The Morgan fingerprint density at radius 3 is 2.64 bits per heavy atom. The highest BCUT2D eigenvalue weighted by atomic mass is 16.6. The molecule has 0 spiro atoms. The van der Waals surface area contributed by atoms with Gasteiger partial charge in [0.2, 0.25) is 11.7 Å². The zero-order valence-corrected chi connectivity index (χ0v) is 20.1. The van der Waals surface area contributed by atoms with Crippen molar-refractivity contribution >= 4 is 28.6 Å². The minimum atomic E-state index is -0.796. The third-order valence-electron chi connectivity index (χ3n) is 7.05. The molecule has 4 aromatic rings. The van der Waals surface area contributed by atoms with Gasteiger partial charge in [0, 0.05) is 42.7 Å². The number of ether oxygens (including phenoxy) is 1. The molecule has 0 aliphatic carbocycles. The highest BCUT2D eigenvalue weighted by Gasteiger charge is 2.40. The fourth-order valence-corrected chi connectivity index (χ4v) is 5.06. The van der Waals surface area contributed by atoms with Gasteiger partial charge in [0.25, 0.3) is 5.91 Å². The van der Waals surface area contributed by atoms with E-state index in [9.17, 15) is 9.59 Å². The van der Waals surface area contributed by atoms with Crippen molar-refractivity contribution < 1.29 is 18.8 Å². The summed E-state index contributed by atoms with van der Waals surface area (Å²) in [4.78, 5) is 33.3. The zero-order chi connectivity index (χ0) is 24.8. The van der Waals surface area contributed by atoms with Gasteiger partial charge >= 0.3 is 6.09 Å². The highest BCUT2D eigenvalue weighted by molar-refractivity contribution is 5.95. The summed E-state index contributed by atoms with van der Waals surface area (Å²) in [5, 5.41) is 9.77. The van der Waals surface area contributed by atoms with Crippen molar-refractivity contribution in [3.8, 4) is 11.4 Å². The van der Waals surface area contributed by atoms with Crippen LogP contribution in [0.3, 0.4) is 0 Å². The van der Waals surface area contributed by atoms with Gasteiger partial charge in [-0.25, -0.2) is 4.79 Å². The van der Waals surface area contributed by atoms with Gasteiger partial charge in [0.15, 0.2) is 6.10 Å². The van der Waals surface area contributed by atoms with Gasteiger partial charge < -0.3 is 14.2 Å². The maximum Gasteiger partial charge on any atom is 0.415 e. The zero-order valence-electron chi connectivity index (χ0n) is 20.1. The minimum absolute atomic E-state index is 0.0740. The normalized spacial score (nSPS) is 18.7. The molecule has 0 bridgehead atoms. The number of benzene rings is 2. The molecule has 1 atom stereocenters. The molecule has 2 amide bonds. The van der Waals surface area contributed by atoms with Crippen LogP contribution < -0.4 is 4.90 Å². The summed E-state index contributed by atoms with van der Waals surface area (Å²) in [5.41, 5.74) is 3.59. The number of likely N-dealkylation sites (tertiary alicyclic amines) is 1. The molecule has 36 heavy (non-hydrogen) atoms. The number of hydrogen-bond donors (Lipinski definition) is 0. The predicted molar refractivity (Wildman–Crippen MR) is 131 cm³/mol. The molecule has 2 aromatic carbocycles. The smallest absolute Gasteiger partial charge is 0.415 e. The molecule has 0 saturated carbocycles. The highest BCUT2D eigenvalue weighted by Crippen LogP contribution is 2.31. The molecule has 2 saturated heterocycles. The summed E-state index contributed by atoms with van der Waals surface area (Å²) in [5.74, 6) is 1.04. The summed E-state index contributed by atoms with van der Waals surface area (Å²) in [6.07, 6.45) is 0.120. The van der Waals surface area contributed by atoms with Crippen LogP contribution in [0.1, 0.15) is 30.3 Å². The molecule has 2 aliphatic heterocycles. The second-order valence-electron chi connectivity index (χ2n) is 9.32. The van der Waals surface area contributed by atoms with E-state index >= 15 is 0 Å². The number of hydrogen-bond acceptors (Lipinski definition) is 7. The Labute approximate surface area is 207 Å². The first-order valence-electron chi connectivity index (χ1n) is 12.1. The molecule has 2 fully saturated rings. The van der Waals surface area contributed by atoms with E-state index in [-0.39, 0.29) is 18.4 Å². The van der Waals surface area contributed by atoms with Crippen molar-refractivity contribution in [3.05, 3.63) is 60.1 Å². The average molecular weight is 487 g/mol. The number of rotatable bonds is 4. The van der Waals surface area contributed by atoms with E-state index in [1.807, 2.05) is 67.2 Å². The van der Waals surface area contributed by atoms with Crippen molar-refractivity contribution in [2.24, 2.45) is 7.05 Å². The van der Waals surface area contributed by atoms with Crippen LogP contribution in [0.5, 0.6) is 0 Å². The van der Waals surface area contributed by atoms with Gasteiger partial charge in [-0.1, -0.05) is 35.5 Å². The number of para-hydroxylation sites is 1. The Morgan fingerprint density at radius 1 is 1.08 bits per heavy atom. The fraction of sp³-hybridized carbons (Fsp3) is 0.346. The van der Waals surface area contributed by atoms with Crippen LogP contribution in [-0.2, 0) is 16.6 Å². The summed E-state index contributed by atoms with van der Waals surface area (Å²) in [6.45, 7) is 3.29. The molecular weight excluding hydrogens is 460 g/mol. The molecular formula is C26H26N6O4. The predicted octanol–water partition coefficient (Wildman–Crippen LogP) is 3.66. The Hall–Kier alpha value is -4.21. The third kappa shape index (κ3) is 3.88. The number of aromatic nitrogens is 4. The van der Waals surface area contributed by atoms with Crippen molar-refractivity contribution in [1.82, 2.24) is 24.8 Å². The molecule has 6 rings (SSSR count). The van der Waals surface area contributed by atoms with E-state index in [2.05, 4.69) is 15.2 Å². The van der Waals surface area contributed by atoms with Crippen LogP contribution in [0, 0.1) is 6.92 Å². The first-order valence-corrected chi connectivity index (χ1v) is 12.1. The van der Waals surface area contributed by atoms with Gasteiger partial charge in [-0.2, -0.15) is 10.1 Å². The van der Waals surface area contributed by atoms with Gasteiger partial charge in [-0.05, 0) is 38.0 Å². The van der Waals surface area contributed by atoms with Crippen LogP contribution in [0.2, 0.25) is 0 Å². The minimum Gasteiger partial charge on any atom is -0.434 e. The molecule has 4 heterocycles. The van der Waals surface area contributed by atoms with E-state index in [0.717, 1.165) is 27.8 Å². The lowest BCUT2D eigenvalue weighted by atomic mass is 9.96. The van der Waals surface area contributed by atoms with Crippen molar-refractivity contribution in [1.29, 1.82) is 0 Å². The topological polar surface area (TPSA) is 107 Å². The van der Waals surface area contributed by atoms with Crippen LogP contribution >= 0.6 is 0 Å². The summed E-state index contributed by atoms with van der Waals surface area (Å²) in [7, 11) is 1.92. The maximum atomic E-state index is 13.1. The first kappa shape index (κ1) is 22.3. The molecule has 2 aliphatic rings. The Kier molecular flexibility index (Phi) is 5.43. The number of anilines is 1. The van der Waals surface area contributed by atoms with E-state index in [4.69, 9.17) is 9.26 Å². The van der Waals surface area contributed by atoms with Gasteiger partial charge in [0.1, 0.15) is 0 Å². The fourth-order valence-electron chi connectivity index (χ4n) is 5.06. The lowest BCUT2D eigenvalue weighted by molar-refractivity contribution is -0.139. The van der Waals surface area contributed by atoms with Crippen molar-refractivity contribution in [3.63, 3.8) is 0 Å².